The number of hydrogen-bond donors (Lipinski definition) is 2. The van der Waals surface area contributed by atoms with Crippen LogP contribution in [0.1, 0.15) is 5.56 Å². The van der Waals surface area contributed by atoms with Crippen LogP contribution in [0.25, 0.3) is 11.1 Å². The zero-order chi connectivity index (χ0) is 21.4. The fourth-order valence-corrected chi connectivity index (χ4v) is 2.76. The lowest BCUT2D eigenvalue weighted by atomic mass is 10.0. The Morgan fingerprint density at radius 2 is 2.14 bits per heavy atom. The predicted octanol–water partition coefficient (Wildman–Crippen LogP) is 2.71. The Labute approximate surface area is 171 Å². The number of carbonyl (C=O) groups is 1. The van der Waals surface area contributed by atoms with Crippen LogP contribution in [0.3, 0.4) is 0 Å². The third-order valence-corrected chi connectivity index (χ3v) is 4.23. The molecule has 3 N–H and O–H groups in total. The van der Waals surface area contributed by atoms with Gasteiger partial charge in [-0.15, -0.1) is 0 Å². The molecule has 0 bridgehead atoms. The lowest BCUT2D eigenvalue weighted by Gasteiger charge is -2.09. The number of fused-ring (bicyclic) bond motifs is 1. The number of nitrogens with zero attached hydrogens (tertiary/aromatic N) is 3. The maximum Gasteiger partial charge on any atom is 0.248 e. The molecule has 1 aromatic carbocycles. The summed E-state index contributed by atoms with van der Waals surface area (Å²) in [6.07, 6.45) is 9.89. The van der Waals surface area contributed by atoms with E-state index in [1.165, 1.54) is 0 Å². The molecule has 29 heavy (non-hydrogen) atoms. The van der Waals surface area contributed by atoms with Crippen LogP contribution in [-0.2, 0) is 18.3 Å². The van der Waals surface area contributed by atoms with Crippen molar-refractivity contribution in [3.8, 4) is 16.9 Å². The van der Waals surface area contributed by atoms with Crippen LogP contribution in [0.4, 0.5) is 5.69 Å². The van der Waals surface area contributed by atoms with E-state index in [0.717, 1.165) is 40.1 Å². The van der Waals surface area contributed by atoms with E-state index in [9.17, 15) is 4.79 Å². The molecule has 1 aromatic heterocycles. The molecule has 0 saturated heterocycles. The van der Waals surface area contributed by atoms with Crippen LogP contribution in [-0.4, -0.2) is 42.6 Å². The second-order valence-corrected chi connectivity index (χ2v) is 6.47. The number of methoxy groups -OCH3 is 1. The van der Waals surface area contributed by atoms with Gasteiger partial charge in [-0.1, -0.05) is 19.2 Å². The molecule has 1 aliphatic heterocycles. The first kappa shape index (κ1) is 21.8. The largest absolute Gasteiger partial charge is 0.496 e. The van der Waals surface area contributed by atoms with E-state index < -0.39 is 5.91 Å². The molecule has 7 nitrogen and oxygen atoms in total. The highest BCUT2D eigenvalue weighted by molar-refractivity contribution is 5.94. The number of aliphatic imine (C=N–C) groups is 1. The summed E-state index contributed by atoms with van der Waals surface area (Å²) in [6.45, 7) is 7.88. The standard InChI is InChI=1S/C13H13N3O.C9H14N2O/c1-16-8-9(7-15-16)10-3-4-12(17-2)11-5-6-14-13(10)11;1-7(6-11-3)4-5-8(2)9(10)12/h3-4,6-8H,5H2,1-2H3;4-5,11H,1-2,6H2,3H3,(H2,10,12)/b;5-4-. The highest BCUT2D eigenvalue weighted by Crippen LogP contribution is 2.40. The Hall–Kier alpha value is -3.45. The second-order valence-electron chi connectivity index (χ2n) is 6.47. The van der Waals surface area contributed by atoms with E-state index in [0.29, 0.717) is 6.54 Å². The Bertz CT molecular complexity index is 970. The van der Waals surface area contributed by atoms with E-state index in [1.54, 1.807) is 23.9 Å². The number of aryl methyl sites for hydroxylation is 1. The van der Waals surface area contributed by atoms with Gasteiger partial charge in [-0.3, -0.25) is 14.5 Å². The summed E-state index contributed by atoms with van der Waals surface area (Å²) >= 11 is 0. The van der Waals surface area contributed by atoms with Crippen molar-refractivity contribution in [1.82, 2.24) is 15.1 Å². The summed E-state index contributed by atoms with van der Waals surface area (Å²) in [6, 6.07) is 4.03. The maximum atomic E-state index is 10.5. The van der Waals surface area contributed by atoms with Crippen molar-refractivity contribution in [2.75, 3.05) is 20.7 Å². The molecule has 0 fully saturated rings. The maximum absolute atomic E-state index is 10.5. The predicted molar refractivity (Wildman–Crippen MR) is 118 cm³/mol. The van der Waals surface area contributed by atoms with Crippen LogP contribution in [0.15, 0.2) is 66.0 Å². The average Bonchev–Trinajstić information content (AvgIpc) is 3.35. The van der Waals surface area contributed by atoms with Crippen LogP contribution in [0.2, 0.25) is 0 Å². The zero-order valence-corrected chi connectivity index (χ0v) is 17.1. The van der Waals surface area contributed by atoms with Crippen molar-refractivity contribution in [2.45, 2.75) is 6.42 Å². The number of hydrogen-bond acceptors (Lipinski definition) is 5. The van der Waals surface area contributed by atoms with E-state index in [1.807, 2.05) is 44.8 Å². The molecule has 0 radical (unpaired) electrons. The molecule has 0 unspecified atom stereocenters. The van der Waals surface area contributed by atoms with E-state index in [2.05, 4.69) is 28.6 Å². The van der Waals surface area contributed by atoms with Crippen LogP contribution < -0.4 is 15.8 Å². The summed E-state index contributed by atoms with van der Waals surface area (Å²) < 4.78 is 7.15. The number of nitrogens with one attached hydrogen (secondary N) is 1. The number of carbonyl (C=O) groups excluding carboxylic acids is 1. The Morgan fingerprint density at radius 3 is 2.72 bits per heavy atom. The van der Waals surface area contributed by atoms with Gasteiger partial charge in [0, 0.05) is 54.7 Å². The normalized spacial score (nSPS) is 11.7. The molecule has 0 saturated carbocycles. The minimum Gasteiger partial charge on any atom is -0.496 e. The summed E-state index contributed by atoms with van der Waals surface area (Å²) in [5.74, 6) is 0.397. The Morgan fingerprint density at radius 1 is 1.38 bits per heavy atom. The fraction of sp³-hybridized carbons (Fsp3) is 0.227. The molecule has 1 amide bonds. The van der Waals surface area contributed by atoms with E-state index >= 15 is 0 Å². The molecule has 152 valence electrons. The minimum absolute atomic E-state index is 0.284. The molecule has 2 heterocycles. The number of primary amides is 1. The first-order chi connectivity index (χ1) is 13.9. The Kier molecular flexibility index (Phi) is 7.68. The van der Waals surface area contributed by atoms with Gasteiger partial charge >= 0.3 is 0 Å². The van der Waals surface area contributed by atoms with Gasteiger partial charge in [-0.2, -0.15) is 5.10 Å². The second kappa shape index (κ2) is 10.2. The third kappa shape index (κ3) is 5.76. The van der Waals surface area contributed by atoms with Crippen LogP contribution in [0, 0.1) is 0 Å². The average molecular weight is 393 g/mol. The number of likely N-dealkylation sites (N-methyl/N-ethyl adjacent to an activating group) is 1. The molecular formula is C22H27N5O2. The summed E-state index contributed by atoms with van der Waals surface area (Å²) in [5.41, 5.74) is 10.5. The molecule has 0 atom stereocenters. The fourth-order valence-electron chi connectivity index (χ4n) is 2.76. The number of nitrogens with two attached hydrogens (primary N) is 1. The van der Waals surface area contributed by atoms with Gasteiger partial charge in [0.2, 0.25) is 5.91 Å². The quantitative estimate of drug-likeness (QED) is 0.559. The van der Waals surface area contributed by atoms with Crippen molar-refractivity contribution in [1.29, 1.82) is 0 Å². The van der Waals surface area contributed by atoms with E-state index in [4.69, 9.17) is 10.5 Å². The summed E-state index contributed by atoms with van der Waals surface area (Å²) in [7, 11) is 5.43. The van der Waals surface area contributed by atoms with Crippen molar-refractivity contribution in [3.63, 3.8) is 0 Å². The first-order valence-corrected chi connectivity index (χ1v) is 9.08. The Balaban J connectivity index is 0.000000223. The molecule has 0 spiro atoms. The van der Waals surface area contributed by atoms with Gasteiger partial charge in [0.1, 0.15) is 5.75 Å². The lowest BCUT2D eigenvalue weighted by molar-refractivity contribution is -0.114. The number of benzene rings is 1. The van der Waals surface area contributed by atoms with Gasteiger partial charge in [0.05, 0.1) is 19.0 Å². The zero-order valence-electron chi connectivity index (χ0n) is 17.1. The molecule has 0 aliphatic carbocycles. The third-order valence-electron chi connectivity index (χ3n) is 4.23. The van der Waals surface area contributed by atoms with E-state index in [-0.39, 0.29) is 5.57 Å². The molecule has 7 heteroatoms. The van der Waals surface area contributed by atoms with Crippen molar-refractivity contribution >= 4 is 17.8 Å². The number of ether oxygens (including phenoxy) is 1. The van der Waals surface area contributed by atoms with Gasteiger partial charge in [0.25, 0.3) is 0 Å². The summed E-state index contributed by atoms with van der Waals surface area (Å²) in [4.78, 5) is 14.9. The molecule has 1 aliphatic rings. The molecule has 3 rings (SSSR count). The number of rotatable bonds is 7. The van der Waals surface area contributed by atoms with Crippen molar-refractivity contribution < 1.29 is 9.53 Å². The molecule has 2 aromatic rings. The minimum atomic E-state index is -0.511. The van der Waals surface area contributed by atoms with Crippen molar-refractivity contribution in [3.05, 3.63) is 66.5 Å². The molecular weight excluding hydrogens is 366 g/mol. The number of aromatic nitrogens is 2. The SMILES string of the molecule is C=C(/C=C\C(=C)C(N)=O)CNC.COc1ccc(-c2cnn(C)c2)c2c1CC=N2. The highest BCUT2D eigenvalue weighted by Gasteiger charge is 2.18. The smallest absolute Gasteiger partial charge is 0.248 e. The van der Waals surface area contributed by atoms with Gasteiger partial charge in [-0.25, -0.2) is 0 Å². The summed E-state index contributed by atoms with van der Waals surface area (Å²) in [5, 5.41) is 7.12. The van der Waals surface area contributed by atoms with Gasteiger partial charge < -0.3 is 15.8 Å². The first-order valence-electron chi connectivity index (χ1n) is 9.08. The van der Waals surface area contributed by atoms with Gasteiger partial charge in [0.15, 0.2) is 0 Å². The lowest BCUT2D eigenvalue weighted by Crippen LogP contribution is -2.12. The van der Waals surface area contributed by atoms with Gasteiger partial charge in [-0.05, 0) is 30.8 Å². The monoisotopic (exact) mass is 393 g/mol. The van der Waals surface area contributed by atoms with Crippen LogP contribution in [0.5, 0.6) is 5.75 Å². The topological polar surface area (TPSA) is 94.5 Å². The van der Waals surface area contributed by atoms with Crippen LogP contribution >= 0.6 is 0 Å². The number of amides is 1. The van der Waals surface area contributed by atoms with Crippen molar-refractivity contribution in [2.24, 2.45) is 17.8 Å². The highest BCUT2D eigenvalue weighted by atomic mass is 16.5.